The van der Waals surface area contributed by atoms with E-state index in [1.165, 1.54) is 37.1 Å². The van der Waals surface area contributed by atoms with Crippen LogP contribution in [0.1, 0.15) is 32.3 Å². The fourth-order valence-electron chi connectivity index (χ4n) is 1.94. The second-order valence-corrected chi connectivity index (χ2v) is 4.25. The maximum Gasteiger partial charge on any atom is 0.0233 e. The van der Waals surface area contributed by atoms with Gasteiger partial charge in [-0.15, -0.1) is 0 Å². The molecule has 1 heteroatoms. The number of nitrogens with zero attached hydrogens (tertiary/aromatic N) is 1. The number of benzene rings is 1. The number of hydrogen-bond donors (Lipinski definition) is 0. The second-order valence-electron chi connectivity index (χ2n) is 4.25. The fourth-order valence-corrected chi connectivity index (χ4v) is 1.94. The Morgan fingerprint density at radius 2 is 1.62 bits per heavy atom. The first kappa shape index (κ1) is 13.0. The average molecular weight is 217 g/mol. The minimum atomic E-state index is 0.992. The monoisotopic (exact) mass is 217 g/mol. The molecule has 16 heavy (non-hydrogen) atoms. The van der Waals surface area contributed by atoms with E-state index >= 15 is 0 Å². The number of rotatable bonds is 7. The highest BCUT2D eigenvalue weighted by Gasteiger charge is 2.05. The summed E-state index contributed by atoms with van der Waals surface area (Å²) in [6, 6.07) is 10.5. The van der Waals surface area contributed by atoms with Crippen LogP contribution in [-0.2, 0) is 0 Å². The summed E-state index contributed by atoms with van der Waals surface area (Å²) in [6.07, 6.45) is 2.42. The van der Waals surface area contributed by atoms with Crippen LogP contribution < -0.4 is 0 Å². The smallest absolute Gasteiger partial charge is 0.0233 e. The molecule has 1 rings (SSSR count). The van der Waals surface area contributed by atoms with E-state index in [0.717, 1.165) is 6.54 Å². The van der Waals surface area contributed by atoms with Crippen LogP contribution >= 0.6 is 0 Å². The third-order valence-electron chi connectivity index (χ3n) is 2.68. The van der Waals surface area contributed by atoms with E-state index in [-0.39, 0.29) is 0 Å². The zero-order valence-corrected chi connectivity index (χ0v) is 10.6. The Morgan fingerprint density at radius 3 is 2.12 bits per heavy atom. The SMILES string of the molecule is C=C(CN(CCC)CCC)c1ccccc1. The van der Waals surface area contributed by atoms with E-state index in [2.05, 4.69) is 49.6 Å². The maximum absolute atomic E-state index is 4.19. The van der Waals surface area contributed by atoms with Crippen LogP contribution in [0.3, 0.4) is 0 Å². The summed E-state index contributed by atoms with van der Waals surface area (Å²) in [7, 11) is 0. The molecule has 0 aliphatic carbocycles. The standard InChI is InChI=1S/C15H23N/c1-4-11-16(12-5-2)13-14(3)15-9-7-6-8-10-15/h6-10H,3-5,11-13H2,1-2H3. The second kappa shape index (κ2) is 7.24. The molecule has 0 aliphatic rings. The van der Waals surface area contributed by atoms with E-state index in [1.54, 1.807) is 0 Å². The van der Waals surface area contributed by atoms with Gasteiger partial charge in [0, 0.05) is 6.54 Å². The van der Waals surface area contributed by atoms with Crippen molar-refractivity contribution in [2.24, 2.45) is 0 Å². The van der Waals surface area contributed by atoms with Gasteiger partial charge in [-0.25, -0.2) is 0 Å². The average Bonchev–Trinajstić information content (AvgIpc) is 2.31. The van der Waals surface area contributed by atoms with Gasteiger partial charge in [0.1, 0.15) is 0 Å². The molecule has 1 aromatic rings. The lowest BCUT2D eigenvalue weighted by molar-refractivity contribution is 0.308. The van der Waals surface area contributed by atoms with Crippen molar-refractivity contribution in [2.75, 3.05) is 19.6 Å². The van der Waals surface area contributed by atoms with E-state index < -0.39 is 0 Å². The van der Waals surface area contributed by atoms with Crippen LogP contribution in [0.25, 0.3) is 5.57 Å². The quantitative estimate of drug-likeness (QED) is 0.671. The zero-order valence-electron chi connectivity index (χ0n) is 10.6. The van der Waals surface area contributed by atoms with Gasteiger partial charge in [0.2, 0.25) is 0 Å². The van der Waals surface area contributed by atoms with E-state index in [1.807, 2.05) is 6.07 Å². The van der Waals surface area contributed by atoms with E-state index in [0.29, 0.717) is 0 Å². The van der Waals surface area contributed by atoms with Gasteiger partial charge in [-0.1, -0.05) is 50.8 Å². The maximum atomic E-state index is 4.19. The summed E-state index contributed by atoms with van der Waals surface area (Å²) in [5, 5.41) is 0. The molecule has 0 aliphatic heterocycles. The van der Waals surface area contributed by atoms with Crippen LogP contribution in [0.5, 0.6) is 0 Å². The lowest BCUT2D eigenvalue weighted by Crippen LogP contribution is -2.27. The normalized spacial score (nSPS) is 10.7. The van der Waals surface area contributed by atoms with Crippen LogP contribution in [0.2, 0.25) is 0 Å². The molecule has 0 radical (unpaired) electrons. The van der Waals surface area contributed by atoms with Crippen LogP contribution in [0, 0.1) is 0 Å². The molecule has 1 aromatic carbocycles. The summed E-state index contributed by atoms with van der Waals surface area (Å²) in [5.74, 6) is 0. The Kier molecular flexibility index (Phi) is 5.87. The molecule has 0 amide bonds. The molecule has 0 heterocycles. The molecule has 1 nitrogen and oxygen atoms in total. The highest BCUT2D eigenvalue weighted by atomic mass is 15.1. The van der Waals surface area contributed by atoms with Gasteiger partial charge in [0.25, 0.3) is 0 Å². The first-order chi connectivity index (χ1) is 7.77. The van der Waals surface area contributed by atoms with Gasteiger partial charge in [-0.2, -0.15) is 0 Å². The van der Waals surface area contributed by atoms with Crippen LogP contribution in [0.15, 0.2) is 36.9 Å². The molecule has 0 aromatic heterocycles. The molecule has 0 N–H and O–H groups in total. The zero-order chi connectivity index (χ0) is 11.8. The molecule has 88 valence electrons. The summed E-state index contributed by atoms with van der Waals surface area (Å²) < 4.78 is 0. The van der Waals surface area contributed by atoms with Gasteiger partial charge >= 0.3 is 0 Å². The fraction of sp³-hybridized carbons (Fsp3) is 0.467. The van der Waals surface area contributed by atoms with Crippen molar-refractivity contribution < 1.29 is 0 Å². The third kappa shape index (κ3) is 4.19. The number of hydrogen-bond acceptors (Lipinski definition) is 1. The van der Waals surface area contributed by atoms with Gasteiger partial charge in [0.05, 0.1) is 0 Å². The lowest BCUT2D eigenvalue weighted by atomic mass is 10.1. The van der Waals surface area contributed by atoms with Crippen molar-refractivity contribution >= 4 is 5.57 Å². The molecule has 0 spiro atoms. The first-order valence-electron chi connectivity index (χ1n) is 6.23. The lowest BCUT2D eigenvalue weighted by Gasteiger charge is -2.22. The van der Waals surface area contributed by atoms with Gasteiger partial charge in [-0.05, 0) is 37.1 Å². The van der Waals surface area contributed by atoms with Crippen molar-refractivity contribution in [3.8, 4) is 0 Å². The predicted molar refractivity (Wildman–Crippen MR) is 72.5 cm³/mol. The minimum Gasteiger partial charge on any atom is -0.299 e. The Labute approximate surface area is 99.8 Å². The molecule has 0 fully saturated rings. The molecule has 0 bridgehead atoms. The summed E-state index contributed by atoms with van der Waals surface area (Å²) in [4.78, 5) is 2.48. The molecular formula is C15H23N. The first-order valence-corrected chi connectivity index (χ1v) is 6.23. The summed E-state index contributed by atoms with van der Waals surface area (Å²) in [6.45, 7) is 12.0. The molecule has 0 atom stereocenters. The van der Waals surface area contributed by atoms with Gasteiger partial charge in [-0.3, -0.25) is 4.90 Å². The highest BCUT2D eigenvalue weighted by Crippen LogP contribution is 2.13. The third-order valence-corrected chi connectivity index (χ3v) is 2.68. The van der Waals surface area contributed by atoms with Gasteiger partial charge in [0.15, 0.2) is 0 Å². The Hall–Kier alpha value is -1.08. The van der Waals surface area contributed by atoms with Crippen LogP contribution in [0.4, 0.5) is 0 Å². The molecular weight excluding hydrogens is 194 g/mol. The molecule has 0 saturated carbocycles. The van der Waals surface area contributed by atoms with Crippen molar-refractivity contribution in [3.63, 3.8) is 0 Å². The van der Waals surface area contributed by atoms with Crippen molar-refractivity contribution in [2.45, 2.75) is 26.7 Å². The van der Waals surface area contributed by atoms with Crippen molar-refractivity contribution in [1.29, 1.82) is 0 Å². The van der Waals surface area contributed by atoms with Crippen molar-refractivity contribution in [1.82, 2.24) is 4.90 Å². The predicted octanol–water partition coefficient (Wildman–Crippen LogP) is 3.82. The summed E-state index contributed by atoms with van der Waals surface area (Å²) in [5.41, 5.74) is 2.49. The van der Waals surface area contributed by atoms with Crippen molar-refractivity contribution in [3.05, 3.63) is 42.5 Å². The Morgan fingerprint density at radius 1 is 1.06 bits per heavy atom. The molecule has 0 unspecified atom stereocenters. The van der Waals surface area contributed by atoms with E-state index in [9.17, 15) is 0 Å². The van der Waals surface area contributed by atoms with Gasteiger partial charge < -0.3 is 0 Å². The van der Waals surface area contributed by atoms with Crippen LogP contribution in [-0.4, -0.2) is 24.5 Å². The Balaban J connectivity index is 2.54. The highest BCUT2D eigenvalue weighted by molar-refractivity contribution is 5.64. The Bertz CT molecular complexity index is 296. The minimum absolute atomic E-state index is 0.992. The molecule has 0 saturated heterocycles. The van der Waals surface area contributed by atoms with E-state index in [4.69, 9.17) is 0 Å². The topological polar surface area (TPSA) is 3.24 Å². The summed E-state index contributed by atoms with van der Waals surface area (Å²) >= 11 is 0. The largest absolute Gasteiger partial charge is 0.299 e.